The van der Waals surface area contributed by atoms with E-state index >= 15 is 0 Å². The zero-order valence-corrected chi connectivity index (χ0v) is 17.2. The molecule has 0 saturated heterocycles. The van der Waals surface area contributed by atoms with Gasteiger partial charge in [0.05, 0.1) is 6.54 Å². The summed E-state index contributed by atoms with van der Waals surface area (Å²) < 4.78 is 7.24. The Kier molecular flexibility index (Phi) is 8.13. The van der Waals surface area contributed by atoms with Gasteiger partial charge in [-0.15, -0.1) is 11.3 Å². The third-order valence-electron chi connectivity index (χ3n) is 4.58. The maximum atomic E-state index is 12.7. The van der Waals surface area contributed by atoms with Crippen molar-refractivity contribution in [2.24, 2.45) is 5.73 Å². The number of benzene rings is 2. The van der Waals surface area contributed by atoms with E-state index in [9.17, 15) is 9.59 Å². The first-order valence-corrected chi connectivity index (χ1v) is 10.8. The van der Waals surface area contributed by atoms with Gasteiger partial charge in [0.1, 0.15) is 5.75 Å². The molecule has 6 nitrogen and oxygen atoms in total. The summed E-state index contributed by atoms with van der Waals surface area (Å²) >= 11 is 1.56. The van der Waals surface area contributed by atoms with Gasteiger partial charge >= 0.3 is 5.97 Å². The summed E-state index contributed by atoms with van der Waals surface area (Å²) in [5.41, 5.74) is 5.38. The summed E-state index contributed by atoms with van der Waals surface area (Å²) in [6.07, 6.45) is 3.18. The number of ether oxygens (including phenoxy) is 1. The average Bonchev–Trinajstić information content (AvgIpc) is 2.73. The Balaban J connectivity index is 1.48. The van der Waals surface area contributed by atoms with E-state index in [-0.39, 0.29) is 17.9 Å². The molecule has 0 aliphatic rings. The van der Waals surface area contributed by atoms with Crippen LogP contribution in [-0.4, -0.2) is 38.7 Å². The number of unbranched alkanes of at least 4 members (excludes halogenated alkanes) is 2. The molecule has 0 aliphatic carbocycles. The molecule has 0 fully saturated rings. The van der Waals surface area contributed by atoms with Crippen LogP contribution in [0.3, 0.4) is 0 Å². The highest BCUT2D eigenvalue weighted by molar-refractivity contribution is 7.24. The van der Waals surface area contributed by atoms with Crippen LogP contribution in [0, 0.1) is 0 Å². The molecule has 3 rings (SSSR count). The summed E-state index contributed by atoms with van der Waals surface area (Å²) in [4.78, 5) is 24.8. The van der Waals surface area contributed by atoms with Crippen molar-refractivity contribution in [3.05, 3.63) is 52.7 Å². The van der Waals surface area contributed by atoms with E-state index in [1.807, 2.05) is 30.3 Å². The molecule has 0 bridgehead atoms. The van der Waals surface area contributed by atoms with Crippen LogP contribution in [0.2, 0.25) is 0 Å². The molecule has 3 aromatic rings. The molecule has 0 radical (unpaired) electrons. The molecule has 4 N–H and O–H groups in total. The second kappa shape index (κ2) is 11.0. The minimum Gasteiger partial charge on any atom is -0.426 e. The first kappa shape index (κ1) is 21.4. The molecule has 0 amide bonds. The van der Waals surface area contributed by atoms with Gasteiger partial charge in [0, 0.05) is 33.3 Å². The number of fused-ring (bicyclic) bond motifs is 2. The van der Waals surface area contributed by atoms with Crippen LogP contribution < -0.4 is 26.5 Å². The monoisotopic (exact) mass is 413 g/mol. The first-order chi connectivity index (χ1) is 14.2. The Morgan fingerprint density at radius 3 is 2.52 bits per heavy atom. The number of nitrogens with one attached hydrogen (secondary N) is 2. The first-order valence-electron chi connectivity index (χ1n) is 9.97. The Morgan fingerprint density at radius 2 is 1.69 bits per heavy atom. The van der Waals surface area contributed by atoms with Crippen molar-refractivity contribution in [2.75, 3.05) is 32.7 Å². The number of hydrogen-bond donors (Lipinski definition) is 3. The molecule has 2 aromatic carbocycles. The van der Waals surface area contributed by atoms with E-state index in [2.05, 4.69) is 10.6 Å². The van der Waals surface area contributed by atoms with Gasteiger partial charge in [0.15, 0.2) is 5.43 Å². The van der Waals surface area contributed by atoms with Crippen molar-refractivity contribution in [3.63, 3.8) is 0 Å². The SMILES string of the molecule is NCCNCCCCCNCC(=O)Oc1ccc2sc3ccccc3c(=O)c2c1. The summed E-state index contributed by atoms with van der Waals surface area (Å²) in [7, 11) is 0. The summed E-state index contributed by atoms with van der Waals surface area (Å²) in [5.74, 6) is 0.0423. The molecular formula is C22H27N3O3S. The lowest BCUT2D eigenvalue weighted by Crippen LogP contribution is -2.27. The predicted octanol–water partition coefficient (Wildman–Crippen LogP) is 2.63. The van der Waals surface area contributed by atoms with E-state index in [0.717, 1.165) is 48.3 Å². The normalized spacial score (nSPS) is 11.2. The second-order valence-electron chi connectivity index (χ2n) is 6.84. The van der Waals surface area contributed by atoms with E-state index in [1.165, 1.54) is 0 Å². The third kappa shape index (κ3) is 6.08. The second-order valence-corrected chi connectivity index (χ2v) is 7.92. The minimum absolute atomic E-state index is 0.0358. The Hall–Kier alpha value is -2.32. The minimum atomic E-state index is -0.356. The Bertz CT molecular complexity index is 1020. The fourth-order valence-electron chi connectivity index (χ4n) is 3.11. The standard InChI is InChI=1S/C22H27N3O3S/c23-10-13-24-11-4-1-5-12-25-15-21(26)28-16-8-9-20-18(14-16)22(27)17-6-2-3-7-19(17)29-20/h2-3,6-9,14,24-25H,1,4-5,10-13,15,23H2. The summed E-state index contributed by atoms with van der Waals surface area (Å²) in [5, 5.41) is 7.63. The number of nitrogens with two attached hydrogens (primary N) is 1. The van der Waals surface area contributed by atoms with Crippen LogP contribution in [0.1, 0.15) is 19.3 Å². The Morgan fingerprint density at radius 1 is 0.931 bits per heavy atom. The van der Waals surface area contributed by atoms with Crippen LogP contribution in [-0.2, 0) is 4.79 Å². The molecule has 29 heavy (non-hydrogen) atoms. The van der Waals surface area contributed by atoms with Crippen LogP contribution in [0.25, 0.3) is 20.2 Å². The highest BCUT2D eigenvalue weighted by Gasteiger charge is 2.09. The van der Waals surface area contributed by atoms with E-state index in [0.29, 0.717) is 23.1 Å². The molecule has 7 heteroatoms. The van der Waals surface area contributed by atoms with Crippen molar-refractivity contribution in [1.29, 1.82) is 0 Å². The summed E-state index contributed by atoms with van der Waals surface area (Å²) in [6.45, 7) is 3.40. The zero-order valence-electron chi connectivity index (χ0n) is 16.4. The van der Waals surface area contributed by atoms with Gasteiger partial charge in [0.2, 0.25) is 0 Å². The van der Waals surface area contributed by atoms with Gasteiger partial charge in [0.25, 0.3) is 0 Å². The van der Waals surface area contributed by atoms with E-state index in [1.54, 1.807) is 23.5 Å². The van der Waals surface area contributed by atoms with Crippen LogP contribution >= 0.6 is 11.3 Å². The molecule has 0 atom stereocenters. The van der Waals surface area contributed by atoms with Gasteiger partial charge in [-0.1, -0.05) is 18.6 Å². The van der Waals surface area contributed by atoms with E-state index < -0.39 is 0 Å². The lowest BCUT2D eigenvalue weighted by atomic mass is 10.2. The zero-order chi connectivity index (χ0) is 20.5. The van der Waals surface area contributed by atoms with Crippen molar-refractivity contribution in [3.8, 4) is 5.75 Å². The molecule has 1 heterocycles. The molecule has 0 aliphatic heterocycles. The fraction of sp³-hybridized carbons (Fsp3) is 0.364. The number of carbonyl (C=O) groups is 1. The number of rotatable bonds is 11. The highest BCUT2D eigenvalue weighted by atomic mass is 32.1. The van der Waals surface area contributed by atoms with Gasteiger partial charge in [-0.3, -0.25) is 9.59 Å². The largest absolute Gasteiger partial charge is 0.426 e. The molecule has 0 saturated carbocycles. The summed E-state index contributed by atoms with van der Waals surface area (Å²) in [6, 6.07) is 12.8. The van der Waals surface area contributed by atoms with Crippen LogP contribution in [0.4, 0.5) is 0 Å². The third-order valence-corrected chi connectivity index (χ3v) is 5.73. The maximum absolute atomic E-state index is 12.7. The quantitative estimate of drug-likeness (QED) is 0.194. The average molecular weight is 414 g/mol. The maximum Gasteiger partial charge on any atom is 0.325 e. The van der Waals surface area contributed by atoms with Crippen molar-refractivity contribution in [2.45, 2.75) is 19.3 Å². The highest BCUT2D eigenvalue weighted by Crippen LogP contribution is 2.27. The van der Waals surface area contributed by atoms with Crippen LogP contribution in [0.15, 0.2) is 47.3 Å². The van der Waals surface area contributed by atoms with Crippen molar-refractivity contribution < 1.29 is 9.53 Å². The molecule has 154 valence electrons. The lowest BCUT2D eigenvalue weighted by Gasteiger charge is -2.07. The van der Waals surface area contributed by atoms with Crippen LogP contribution in [0.5, 0.6) is 5.75 Å². The Labute approximate surface area is 174 Å². The number of esters is 1. The van der Waals surface area contributed by atoms with Gasteiger partial charge < -0.3 is 21.1 Å². The lowest BCUT2D eigenvalue weighted by molar-refractivity contribution is -0.133. The number of hydrogen-bond acceptors (Lipinski definition) is 7. The predicted molar refractivity (Wildman–Crippen MR) is 120 cm³/mol. The van der Waals surface area contributed by atoms with Crippen molar-refractivity contribution in [1.82, 2.24) is 10.6 Å². The van der Waals surface area contributed by atoms with Crippen molar-refractivity contribution >= 4 is 37.5 Å². The fourth-order valence-corrected chi connectivity index (χ4v) is 4.16. The van der Waals surface area contributed by atoms with Gasteiger partial charge in [-0.05, 0) is 56.3 Å². The van der Waals surface area contributed by atoms with Gasteiger partial charge in [-0.2, -0.15) is 0 Å². The number of carbonyl (C=O) groups excluding carboxylic acids is 1. The van der Waals surface area contributed by atoms with E-state index in [4.69, 9.17) is 10.5 Å². The molecule has 0 spiro atoms. The molecular weight excluding hydrogens is 386 g/mol. The smallest absolute Gasteiger partial charge is 0.325 e. The van der Waals surface area contributed by atoms with Gasteiger partial charge in [-0.25, -0.2) is 0 Å². The molecule has 0 unspecified atom stereocenters. The topological polar surface area (TPSA) is 93.5 Å². The molecule has 1 aromatic heterocycles.